The summed E-state index contributed by atoms with van der Waals surface area (Å²) in [6.45, 7) is 3.94. The second kappa shape index (κ2) is 2.97. The number of rotatable bonds is 3. The minimum absolute atomic E-state index is 0.264. The minimum atomic E-state index is -0.264. The summed E-state index contributed by atoms with van der Waals surface area (Å²) in [5.41, 5.74) is -0.264. The summed E-state index contributed by atoms with van der Waals surface area (Å²) in [6.07, 6.45) is 1.86. The van der Waals surface area contributed by atoms with Crippen LogP contribution in [-0.2, 0) is 4.79 Å². The Balaban J connectivity index is 4.08. The van der Waals surface area contributed by atoms with Crippen molar-refractivity contribution in [2.75, 3.05) is 14.1 Å². The molecule has 0 aromatic carbocycles. The van der Waals surface area contributed by atoms with Gasteiger partial charge in [-0.05, 0) is 27.4 Å². The Labute approximate surface area is 56.9 Å². The van der Waals surface area contributed by atoms with E-state index in [-0.39, 0.29) is 5.54 Å². The lowest BCUT2D eigenvalue weighted by Gasteiger charge is -2.29. The van der Waals surface area contributed by atoms with Crippen LogP contribution < -0.4 is 0 Å². The molecule has 0 bridgehead atoms. The summed E-state index contributed by atoms with van der Waals surface area (Å²) in [4.78, 5) is 12.4. The fraction of sp³-hybridized carbons (Fsp3) is 0.857. The number of nitrogens with zero attached hydrogens (tertiary/aromatic N) is 1. The SMILES string of the molecule is CCC(C)(C=O)N(C)C. The lowest BCUT2D eigenvalue weighted by atomic mass is 10.0. The van der Waals surface area contributed by atoms with Crippen LogP contribution in [0.2, 0.25) is 0 Å². The van der Waals surface area contributed by atoms with Crippen molar-refractivity contribution in [2.24, 2.45) is 0 Å². The number of hydrogen-bond donors (Lipinski definition) is 0. The highest BCUT2D eigenvalue weighted by molar-refractivity contribution is 5.63. The summed E-state index contributed by atoms with van der Waals surface area (Å²) in [5, 5.41) is 0. The summed E-state index contributed by atoms with van der Waals surface area (Å²) < 4.78 is 0. The maximum Gasteiger partial charge on any atom is 0.139 e. The number of likely N-dealkylation sites (N-methyl/N-ethyl adjacent to an activating group) is 1. The van der Waals surface area contributed by atoms with Gasteiger partial charge in [-0.25, -0.2) is 0 Å². The highest BCUT2D eigenvalue weighted by Crippen LogP contribution is 2.11. The van der Waals surface area contributed by atoms with E-state index in [0.717, 1.165) is 12.7 Å². The van der Waals surface area contributed by atoms with Crippen molar-refractivity contribution in [3.8, 4) is 0 Å². The second-order valence-corrected chi connectivity index (χ2v) is 2.72. The van der Waals surface area contributed by atoms with Crippen molar-refractivity contribution in [1.82, 2.24) is 4.90 Å². The molecule has 2 nitrogen and oxygen atoms in total. The molecule has 0 heterocycles. The van der Waals surface area contributed by atoms with Crippen LogP contribution in [0, 0.1) is 0 Å². The van der Waals surface area contributed by atoms with Gasteiger partial charge in [0.2, 0.25) is 0 Å². The normalized spacial score (nSPS) is 17.4. The molecule has 0 saturated heterocycles. The molecule has 0 fully saturated rings. The monoisotopic (exact) mass is 129 g/mol. The zero-order valence-corrected chi connectivity index (χ0v) is 6.64. The molecule has 0 radical (unpaired) electrons. The minimum Gasteiger partial charge on any atom is -0.301 e. The molecule has 9 heavy (non-hydrogen) atoms. The van der Waals surface area contributed by atoms with Crippen LogP contribution in [0.15, 0.2) is 0 Å². The number of hydrogen-bond acceptors (Lipinski definition) is 2. The van der Waals surface area contributed by atoms with Gasteiger partial charge in [-0.15, -0.1) is 0 Å². The van der Waals surface area contributed by atoms with Gasteiger partial charge in [0.1, 0.15) is 6.29 Å². The highest BCUT2D eigenvalue weighted by Gasteiger charge is 2.22. The fourth-order valence-corrected chi connectivity index (χ4v) is 0.505. The average Bonchev–Trinajstić information content (AvgIpc) is 1.86. The number of carbonyl (C=O) groups is 1. The third kappa shape index (κ3) is 1.79. The smallest absolute Gasteiger partial charge is 0.139 e. The van der Waals surface area contributed by atoms with Crippen LogP contribution in [0.5, 0.6) is 0 Å². The molecule has 0 rings (SSSR count). The van der Waals surface area contributed by atoms with Gasteiger partial charge in [-0.1, -0.05) is 6.92 Å². The Hall–Kier alpha value is -0.370. The Bertz CT molecular complexity index is 101. The van der Waals surface area contributed by atoms with E-state index in [1.165, 1.54) is 0 Å². The Kier molecular flexibility index (Phi) is 2.85. The molecule has 1 atom stereocenters. The molecule has 54 valence electrons. The van der Waals surface area contributed by atoms with Crippen LogP contribution in [-0.4, -0.2) is 30.8 Å². The average molecular weight is 129 g/mol. The first-order valence-electron chi connectivity index (χ1n) is 3.20. The van der Waals surface area contributed by atoms with E-state index in [2.05, 4.69) is 0 Å². The molecule has 0 saturated carbocycles. The summed E-state index contributed by atoms with van der Waals surface area (Å²) in [6, 6.07) is 0. The van der Waals surface area contributed by atoms with E-state index in [0.29, 0.717) is 0 Å². The van der Waals surface area contributed by atoms with Gasteiger partial charge in [0.25, 0.3) is 0 Å². The first-order chi connectivity index (χ1) is 4.06. The fourth-order valence-electron chi connectivity index (χ4n) is 0.505. The van der Waals surface area contributed by atoms with Gasteiger partial charge in [0, 0.05) is 0 Å². The predicted molar refractivity (Wildman–Crippen MR) is 38.4 cm³/mol. The van der Waals surface area contributed by atoms with E-state index in [1.807, 2.05) is 32.8 Å². The molecule has 0 N–H and O–H groups in total. The Morgan fingerprint density at radius 2 is 2.00 bits per heavy atom. The zero-order valence-electron chi connectivity index (χ0n) is 6.64. The quantitative estimate of drug-likeness (QED) is 0.528. The molecule has 0 aromatic heterocycles. The Morgan fingerprint density at radius 3 is 2.00 bits per heavy atom. The molecule has 0 amide bonds. The van der Waals surface area contributed by atoms with Crippen molar-refractivity contribution in [3.05, 3.63) is 0 Å². The number of carbonyl (C=O) groups excluding carboxylic acids is 1. The Morgan fingerprint density at radius 1 is 1.56 bits per heavy atom. The summed E-state index contributed by atoms with van der Waals surface area (Å²) >= 11 is 0. The molecular weight excluding hydrogens is 114 g/mol. The van der Waals surface area contributed by atoms with Gasteiger partial charge >= 0.3 is 0 Å². The van der Waals surface area contributed by atoms with Crippen molar-refractivity contribution in [3.63, 3.8) is 0 Å². The molecule has 0 aromatic rings. The van der Waals surface area contributed by atoms with Crippen molar-refractivity contribution in [1.29, 1.82) is 0 Å². The topological polar surface area (TPSA) is 20.3 Å². The van der Waals surface area contributed by atoms with Gasteiger partial charge < -0.3 is 4.79 Å². The van der Waals surface area contributed by atoms with E-state index in [1.54, 1.807) is 0 Å². The van der Waals surface area contributed by atoms with Crippen molar-refractivity contribution < 1.29 is 4.79 Å². The highest BCUT2D eigenvalue weighted by atomic mass is 16.1. The summed E-state index contributed by atoms with van der Waals surface area (Å²) in [5.74, 6) is 0. The lowest BCUT2D eigenvalue weighted by Crippen LogP contribution is -2.41. The molecule has 0 aliphatic rings. The zero-order chi connectivity index (χ0) is 7.49. The van der Waals surface area contributed by atoms with E-state index < -0.39 is 0 Å². The van der Waals surface area contributed by atoms with E-state index in [4.69, 9.17) is 0 Å². The van der Waals surface area contributed by atoms with Crippen LogP contribution in [0.1, 0.15) is 20.3 Å². The third-order valence-corrected chi connectivity index (χ3v) is 1.99. The van der Waals surface area contributed by atoms with Crippen LogP contribution in [0.25, 0.3) is 0 Å². The van der Waals surface area contributed by atoms with E-state index in [9.17, 15) is 4.79 Å². The number of aldehydes is 1. The van der Waals surface area contributed by atoms with E-state index >= 15 is 0 Å². The van der Waals surface area contributed by atoms with Crippen molar-refractivity contribution >= 4 is 6.29 Å². The molecule has 0 aliphatic carbocycles. The standard InChI is InChI=1S/C7H15NO/c1-5-7(2,6-9)8(3)4/h6H,5H2,1-4H3. The molecule has 0 aliphatic heterocycles. The maximum absolute atomic E-state index is 10.5. The first-order valence-corrected chi connectivity index (χ1v) is 3.20. The second-order valence-electron chi connectivity index (χ2n) is 2.72. The molecular formula is C7H15NO. The predicted octanol–water partition coefficient (Wildman–Crippen LogP) is 0.916. The van der Waals surface area contributed by atoms with Crippen LogP contribution >= 0.6 is 0 Å². The lowest BCUT2D eigenvalue weighted by molar-refractivity contribution is -0.116. The van der Waals surface area contributed by atoms with Crippen LogP contribution in [0.4, 0.5) is 0 Å². The first kappa shape index (κ1) is 8.63. The third-order valence-electron chi connectivity index (χ3n) is 1.99. The van der Waals surface area contributed by atoms with Gasteiger partial charge in [0.15, 0.2) is 0 Å². The molecule has 1 unspecified atom stereocenters. The molecule has 0 spiro atoms. The van der Waals surface area contributed by atoms with Crippen molar-refractivity contribution in [2.45, 2.75) is 25.8 Å². The molecule has 2 heteroatoms. The van der Waals surface area contributed by atoms with Gasteiger partial charge in [-0.3, -0.25) is 4.90 Å². The largest absolute Gasteiger partial charge is 0.301 e. The van der Waals surface area contributed by atoms with Crippen LogP contribution in [0.3, 0.4) is 0 Å². The summed E-state index contributed by atoms with van der Waals surface area (Å²) in [7, 11) is 3.83. The van der Waals surface area contributed by atoms with Gasteiger partial charge in [0.05, 0.1) is 5.54 Å². The maximum atomic E-state index is 10.5. The van der Waals surface area contributed by atoms with Gasteiger partial charge in [-0.2, -0.15) is 0 Å².